The summed E-state index contributed by atoms with van der Waals surface area (Å²) in [6.45, 7) is 3.29. The quantitative estimate of drug-likeness (QED) is 0.674. The molecule has 0 bridgehead atoms. The van der Waals surface area contributed by atoms with E-state index in [1.54, 1.807) is 0 Å². The van der Waals surface area contributed by atoms with Gasteiger partial charge in [-0.15, -0.1) is 5.10 Å². The lowest BCUT2D eigenvalue weighted by Crippen LogP contribution is -2.29. The van der Waals surface area contributed by atoms with Crippen LogP contribution in [0.2, 0.25) is 0 Å². The second-order valence-electron chi connectivity index (χ2n) is 6.78. The predicted molar refractivity (Wildman–Crippen MR) is 102 cm³/mol. The van der Waals surface area contributed by atoms with E-state index in [9.17, 15) is 4.39 Å². The van der Waals surface area contributed by atoms with Crippen molar-refractivity contribution in [2.45, 2.75) is 25.9 Å². The molecule has 0 fully saturated rings. The zero-order chi connectivity index (χ0) is 18.5. The molecular formula is C21H22FN5. The number of aryl methyl sites for hydroxylation is 2. The van der Waals surface area contributed by atoms with Crippen molar-refractivity contribution in [3.05, 3.63) is 83.4 Å². The summed E-state index contributed by atoms with van der Waals surface area (Å²) in [6.07, 6.45) is 4.07. The Morgan fingerprint density at radius 3 is 2.56 bits per heavy atom. The molecule has 0 spiro atoms. The maximum absolute atomic E-state index is 13.1. The zero-order valence-electron chi connectivity index (χ0n) is 15.1. The van der Waals surface area contributed by atoms with Crippen LogP contribution in [0.15, 0.2) is 60.7 Å². The molecule has 27 heavy (non-hydrogen) atoms. The molecule has 0 radical (unpaired) electrons. The van der Waals surface area contributed by atoms with E-state index in [1.807, 2.05) is 22.9 Å². The van der Waals surface area contributed by atoms with Gasteiger partial charge in [0.1, 0.15) is 5.82 Å². The number of aromatic nitrogens is 4. The van der Waals surface area contributed by atoms with Crippen LogP contribution in [0.1, 0.15) is 23.4 Å². The summed E-state index contributed by atoms with van der Waals surface area (Å²) < 4.78 is 15.0. The van der Waals surface area contributed by atoms with Crippen molar-refractivity contribution in [3.8, 4) is 0 Å². The predicted octanol–water partition coefficient (Wildman–Crippen LogP) is 3.34. The molecule has 3 aromatic rings. The summed E-state index contributed by atoms with van der Waals surface area (Å²) in [5.41, 5.74) is 3.66. The largest absolute Gasteiger partial charge is 0.292 e. The Morgan fingerprint density at radius 2 is 1.81 bits per heavy atom. The normalized spacial score (nSPS) is 14.9. The Labute approximate surface area is 158 Å². The van der Waals surface area contributed by atoms with E-state index >= 15 is 0 Å². The third kappa shape index (κ3) is 4.46. The van der Waals surface area contributed by atoms with Crippen molar-refractivity contribution in [1.29, 1.82) is 0 Å². The topological polar surface area (TPSA) is 46.8 Å². The summed E-state index contributed by atoms with van der Waals surface area (Å²) in [7, 11) is 0. The maximum Gasteiger partial charge on any atom is 0.165 e. The minimum absolute atomic E-state index is 0.195. The van der Waals surface area contributed by atoms with Crippen LogP contribution in [0.4, 0.5) is 4.39 Å². The third-order valence-electron chi connectivity index (χ3n) is 4.93. The van der Waals surface area contributed by atoms with Gasteiger partial charge in [0, 0.05) is 19.6 Å². The molecule has 0 N–H and O–H groups in total. The maximum atomic E-state index is 13.1. The number of rotatable bonds is 6. The first-order valence-electron chi connectivity index (χ1n) is 9.24. The summed E-state index contributed by atoms with van der Waals surface area (Å²) in [5.74, 6) is 0.698. The highest BCUT2D eigenvalue weighted by molar-refractivity contribution is 5.66. The minimum atomic E-state index is -0.195. The molecule has 6 heteroatoms. The Morgan fingerprint density at radius 1 is 1.00 bits per heavy atom. The molecule has 1 aliphatic heterocycles. The minimum Gasteiger partial charge on any atom is -0.292 e. The number of hydrogen-bond acceptors (Lipinski definition) is 4. The molecule has 0 atom stereocenters. The average Bonchev–Trinajstić information content (AvgIpc) is 3.15. The van der Waals surface area contributed by atoms with Crippen molar-refractivity contribution in [3.63, 3.8) is 0 Å². The van der Waals surface area contributed by atoms with Crippen molar-refractivity contribution in [2.75, 3.05) is 13.1 Å². The number of halogens is 1. The monoisotopic (exact) mass is 363 g/mol. The first-order valence-corrected chi connectivity index (χ1v) is 9.24. The molecule has 1 aliphatic rings. The van der Waals surface area contributed by atoms with Gasteiger partial charge in [0.15, 0.2) is 5.82 Å². The smallest absolute Gasteiger partial charge is 0.165 e. The number of hydrogen-bond donors (Lipinski definition) is 0. The van der Waals surface area contributed by atoms with Crippen LogP contribution in [0.5, 0.6) is 0 Å². The second-order valence-corrected chi connectivity index (χ2v) is 6.78. The van der Waals surface area contributed by atoms with Crippen LogP contribution in [0.25, 0.3) is 5.57 Å². The Kier molecular flexibility index (Phi) is 5.34. The first kappa shape index (κ1) is 17.5. The van der Waals surface area contributed by atoms with Crippen LogP contribution < -0.4 is 0 Å². The molecule has 2 aromatic carbocycles. The van der Waals surface area contributed by atoms with Crippen molar-refractivity contribution >= 4 is 5.57 Å². The Bertz CT molecular complexity index is 902. The number of benzene rings is 2. The Hall–Kier alpha value is -2.86. The summed E-state index contributed by atoms with van der Waals surface area (Å²) in [6, 6.07) is 17.1. The molecule has 0 saturated carbocycles. The summed E-state index contributed by atoms with van der Waals surface area (Å²) in [5, 5.41) is 12.2. The van der Waals surface area contributed by atoms with Gasteiger partial charge in [0.05, 0.1) is 6.54 Å². The van der Waals surface area contributed by atoms with E-state index in [-0.39, 0.29) is 5.82 Å². The fourth-order valence-corrected chi connectivity index (χ4v) is 3.37. The lowest BCUT2D eigenvalue weighted by molar-refractivity contribution is 0.279. The fraction of sp³-hybridized carbons (Fsp3) is 0.286. The van der Waals surface area contributed by atoms with Gasteiger partial charge in [-0.3, -0.25) is 4.90 Å². The molecule has 138 valence electrons. The standard InChI is InChI=1S/C21H22FN5/c22-20-8-6-18(7-9-20)19-11-13-26(14-12-19)16-21-23-24-25-27(21)15-10-17-4-2-1-3-5-17/h1-9,11H,10,12-16H2. The van der Waals surface area contributed by atoms with Crippen molar-refractivity contribution in [2.24, 2.45) is 0 Å². The van der Waals surface area contributed by atoms with Crippen LogP contribution >= 0.6 is 0 Å². The molecule has 0 amide bonds. The van der Waals surface area contributed by atoms with Crippen LogP contribution in [-0.2, 0) is 19.5 Å². The van der Waals surface area contributed by atoms with Crippen LogP contribution in [0, 0.1) is 5.82 Å². The molecular weight excluding hydrogens is 341 g/mol. The highest BCUT2D eigenvalue weighted by Crippen LogP contribution is 2.23. The van der Waals surface area contributed by atoms with Gasteiger partial charge < -0.3 is 0 Å². The highest BCUT2D eigenvalue weighted by atomic mass is 19.1. The molecule has 4 rings (SSSR count). The SMILES string of the molecule is Fc1ccc(C2=CCN(Cc3nnnn3CCc3ccccc3)CC2)cc1. The van der Waals surface area contributed by atoms with Gasteiger partial charge in [-0.05, 0) is 52.1 Å². The summed E-state index contributed by atoms with van der Waals surface area (Å²) in [4.78, 5) is 2.33. The van der Waals surface area contributed by atoms with E-state index in [0.29, 0.717) is 0 Å². The highest BCUT2D eigenvalue weighted by Gasteiger charge is 2.16. The lowest BCUT2D eigenvalue weighted by Gasteiger charge is -2.25. The fourth-order valence-electron chi connectivity index (χ4n) is 3.37. The number of tetrazole rings is 1. The van der Waals surface area contributed by atoms with E-state index in [4.69, 9.17) is 0 Å². The molecule has 1 aromatic heterocycles. The van der Waals surface area contributed by atoms with E-state index in [1.165, 1.54) is 23.3 Å². The third-order valence-corrected chi connectivity index (χ3v) is 4.93. The van der Waals surface area contributed by atoms with Gasteiger partial charge >= 0.3 is 0 Å². The van der Waals surface area contributed by atoms with Gasteiger partial charge in [0.25, 0.3) is 0 Å². The zero-order valence-corrected chi connectivity index (χ0v) is 15.1. The van der Waals surface area contributed by atoms with Gasteiger partial charge in [-0.2, -0.15) is 0 Å². The summed E-state index contributed by atoms with van der Waals surface area (Å²) >= 11 is 0. The van der Waals surface area contributed by atoms with Gasteiger partial charge in [0.2, 0.25) is 0 Å². The molecule has 0 unspecified atom stereocenters. The lowest BCUT2D eigenvalue weighted by atomic mass is 9.99. The van der Waals surface area contributed by atoms with Crippen LogP contribution in [-0.4, -0.2) is 38.2 Å². The van der Waals surface area contributed by atoms with Gasteiger partial charge in [-0.25, -0.2) is 9.07 Å². The van der Waals surface area contributed by atoms with Gasteiger partial charge in [-0.1, -0.05) is 48.5 Å². The molecule has 0 saturated heterocycles. The Balaban J connectivity index is 1.35. The number of nitrogens with zero attached hydrogens (tertiary/aromatic N) is 5. The first-order chi connectivity index (χ1) is 13.3. The van der Waals surface area contributed by atoms with E-state index in [0.717, 1.165) is 50.4 Å². The van der Waals surface area contributed by atoms with Crippen molar-refractivity contribution < 1.29 is 4.39 Å². The average molecular weight is 363 g/mol. The van der Waals surface area contributed by atoms with E-state index < -0.39 is 0 Å². The molecule has 2 heterocycles. The second kappa shape index (κ2) is 8.22. The van der Waals surface area contributed by atoms with Crippen molar-refractivity contribution in [1.82, 2.24) is 25.1 Å². The van der Waals surface area contributed by atoms with E-state index in [2.05, 4.69) is 50.8 Å². The van der Waals surface area contributed by atoms with Crippen LogP contribution in [0.3, 0.4) is 0 Å². The molecule has 0 aliphatic carbocycles. The molecule has 5 nitrogen and oxygen atoms in total.